The fourth-order valence-corrected chi connectivity index (χ4v) is 2.06. The molecule has 1 aliphatic rings. The molecule has 3 heteroatoms. The monoisotopic (exact) mass is 233 g/mol. The Hall–Kier alpha value is -1.48. The molecule has 0 radical (unpaired) electrons. The third kappa shape index (κ3) is 2.61. The standard InChI is InChI=1S/C14H19NO2/c1-4-10(2)15-13-7-8-17-14-6-5-11(16-3)9-12(13)14/h4-6,9-10,13,15H,1,7-8H2,2-3H3. The van der Waals surface area contributed by atoms with Gasteiger partial charge >= 0.3 is 0 Å². The van der Waals surface area contributed by atoms with E-state index in [0.29, 0.717) is 6.04 Å². The van der Waals surface area contributed by atoms with Gasteiger partial charge in [0.25, 0.3) is 0 Å². The van der Waals surface area contributed by atoms with E-state index in [-0.39, 0.29) is 6.04 Å². The highest BCUT2D eigenvalue weighted by Gasteiger charge is 2.22. The highest BCUT2D eigenvalue weighted by Crippen LogP contribution is 2.34. The van der Waals surface area contributed by atoms with E-state index in [1.54, 1.807) is 7.11 Å². The first kappa shape index (κ1) is 12.0. The summed E-state index contributed by atoms with van der Waals surface area (Å²) in [6.45, 7) is 6.65. The first-order valence-electron chi connectivity index (χ1n) is 5.94. The normalized spacial score (nSPS) is 20.0. The SMILES string of the molecule is C=CC(C)NC1CCOc2ccc(OC)cc21. The molecular formula is C14H19NO2. The molecule has 1 N–H and O–H groups in total. The highest BCUT2D eigenvalue weighted by atomic mass is 16.5. The Kier molecular flexibility index (Phi) is 3.69. The topological polar surface area (TPSA) is 30.5 Å². The molecule has 2 unspecified atom stereocenters. The smallest absolute Gasteiger partial charge is 0.124 e. The molecule has 17 heavy (non-hydrogen) atoms. The number of ether oxygens (including phenoxy) is 2. The van der Waals surface area contributed by atoms with E-state index in [0.717, 1.165) is 24.5 Å². The molecule has 92 valence electrons. The van der Waals surface area contributed by atoms with Gasteiger partial charge in [-0.25, -0.2) is 0 Å². The first-order chi connectivity index (χ1) is 8.24. The van der Waals surface area contributed by atoms with Crippen LogP contribution in [0.4, 0.5) is 0 Å². The summed E-state index contributed by atoms with van der Waals surface area (Å²) >= 11 is 0. The van der Waals surface area contributed by atoms with E-state index in [2.05, 4.69) is 18.8 Å². The van der Waals surface area contributed by atoms with E-state index in [4.69, 9.17) is 9.47 Å². The van der Waals surface area contributed by atoms with Crippen molar-refractivity contribution in [3.05, 3.63) is 36.4 Å². The van der Waals surface area contributed by atoms with E-state index >= 15 is 0 Å². The molecule has 1 aliphatic heterocycles. The maximum Gasteiger partial charge on any atom is 0.124 e. The number of methoxy groups -OCH3 is 1. The molecule has 1 aromatic carbocycles. The van der Waals surface area contributed by atoms with Crippen molar-refractivity contribution in [2.24, 2.45) is 0 Å². The van der Waals surface area contributed by atoms with Crippen LogP contribution in [0.25, 0.3) is 0 Å². The van der Waals surface area contributed by atoms with Gasteiger partial charge in [0.1, 0.15) is 11.5 Å². The minimum atomic E-state index is 0.289. The van der Waals surface area contributed by atoms with Gasteiger partial charge in [-0.1, -0.05) is 6.08 Å². The van der Waals surface area contributed by atoms with Crippen LogP contribution in [0.1, 0.15) is 24.9 Å². The second-order valence-electron chi connectivity index (χ2n) is 4.28. The van der Waals surface area contributed by atoms with Gasteiger partial charge in [0.15, 0.2) is 0 Å². The maximum absolute atomic E-state index is 5.65. The summed E-state index contributed by atoms with van der Waals surface area (Å²) in [4.78, 5) is 0. The Labute approximate surface area is 102 Å². The van der Waals surface area contributed by atoms with Crippen LogP contribution in [-0.4, -0.2) is 19.8 Å². The fourth-order valence-electron chi connectivity index (χ4n) is 2.06. The molecule has 0 amide bonds. The number of hydrogen-bond acceptors (Lipinski definition) is 3. The van der Waals surface area contributed by atoms with Crippen molar-refractivity contribution in [3.8, 4) is 11.5 Å². The number of nitrogens with one attached hydrogen (secondary N) is 1. The molecule has 3 nitrogen and oxygen atoms in total. The van der Waals surface area contributed by atoms with Crippen molar-refractivity contribution in [3.63, 3.8) is 0 Å². The van der Waals surface area contributed by atoms with Crippen molar-refractivity contribution >= 4 is 0 Å². The number of hydrogen-bond donors (Lipinski definition) is 1. The lowest BCUT2D eigenvalue weighted by Crippen LogP contribution is -2.32. The average molecular weight is 233 g/mol. The Bertz CT molecular complexity index is 403. The Morgan fingerprint density at radius 2 is 2.41 bits per heavy atom. The summed E-state index contributed by atoms with van der Waals surface area (Å²) in [7, 11) is 1.68. The molecule has 0 spiro atoms. The van der Waals surface area contributed by atoms with Gasteiger partial charge in [0, 0.05) is 24.1 Å². The average Bonchev–Trinajstić information content (AvgIpc) is 2.38. The molecule has 0 saturated heterocycles. The molecule has 2 rings (SSSR count). The fraction of sp³-hybridized carbons (Fsp3) is 0.429. The molecule has 1 aromatic rings. The Morgan fingerprint density at radius 1 is 1.59 bits per heavy atom. The van der Waals surface area contributed by atoms with Gasteiger partial charge in [0.2, 0.25) is 0 Å². The third-order valence-electron chi connectivity index (χ3n) is 3.07. The second-order valence-corrected chi connectivity index (χ2v) is 4.28. The van der Waals surface area contributed by atoms with Crippen LogP contribution in [0.15, 0.2) is 30.9 Å². The van der Waals surface area contributed by atoms with Crippen molar-refractivity contribution in [2.45, 2.75) is 25.4 Å². The maximum atomic E-state index is 5.65. The highest BCUT2D eigenvalue weighted by molar-refractivity contribution is 5.43. The lowest BCUT2D eigenvalue weighted by atomic mass is 9.99. The van der Waals surface area contributed by atoms with Gasteiger partial charge in [-0.05, 0) is 25.1 Å². The van der Waals surface area contributed by atoms with Crippen LogP contribution in [-0.2, 0) is 0 Å². The molecule has 0 aromatic heterocycles. The van der Waals surface area contributed by atoms with Crippen molar-refractivity contribution in [1.29, 1.82) is 0 Å². The van der Waals surface area contributed by atoms with Gasteiger partial charge < -0.3 is 14.8 Å². The quantitative estimate of drug-likeness (QED) is 0.811. The first-order valence-corrected chi connectivity index (χ1v) is 5.94. The Morgan fingerprint density at radius 3 is 3.12 bits per heavy atom. The lowest BCUT2D eigenvalue weighted by molar-refractivity contribution is 0.249. The summed E-state index contributed by atoms with van der Waals surface area (Å²) in [5, 5.41) is 3.52. The van der Waals surface area contributed by atoms with Gasteiger partial charge in [0.05, 0.1) is 13.7 Å². The van der Waals surface area contributed by atoms with Gasteiger partial charge in [-0.3, -0.25) is 0 Å². The van der Waals surface area contributed by atoms with E-state index in [9.17, 15) is 0 Å². The molecular weight excluding hydrogens is 214 g/mol. The van der Waals surface area contributed by atoms with Crippen LogP contribution in [0, 0.1) is 0 Å². The predicted molar refractivity (Wildman–Crippen MR) is 68.6 cm³/mol. The summed E-state index contributed by atoms with van der Waals surface area (Å²) in [5.74, 6) is 1.82. The predicted octanol–water partition coefficient (Wildman–Crippen LogP) is 2.68. The molecule has 0 saturated carbocycles. The zero-order chi connectivity index (χ0) is 12.3. The van der Waals surface area contributed by atoms with E-state index in [1.807, 2.05) is 24.3 Å². The molecule has 0 fully saturated rings. The minimum Gasteiger partial charge on any atom is -0.497 e. The van der Waals surface area contributed by atoms with Gasteiger partial charge in [-0.15, -0.1) is 6.58 Å². The molecule has 0 bridgehead atoms. The zero-order valence-corrected chi connectivity index (χ0v) is 10.4. The second kappa shape index (κ2) is 5.23. The van der Waals surface area contributed by atoms with Crippen LogP contribution < -0.4 is 14.8 Å². The zero-order valence-electron chi connectivity index (χ0n) is 10.4. The number of rotatable bonds is 4. The number of fused-ring (bicyclic) bond motifs is 1. The molecule has 2 atom stereocenters. The van der Waals surface area contributed by atoms with E-state index in [1.165, 1.54) is 5.56 Å². The Balaban J connectivity index is 2.25. The molecule has 1 heterocycles. The summed E-state index contributed by atoms with van der Waals surface area (Å²) in [6.07, 6.45) is 2.88. The van der Waals surface area contributed by atoms with E-state index < -0.39 is 0 Å². The van der Waals surface area contributed by atoms with Crippen molar-refractivity contribution in [2.75, 3.05) is 13.7 Å². The van der Waals surface area contributed by atoms with Gasteiger partial charge in [-0.2, -0.15) is 0 Å². The summed E-state index contributed by atoms with van der Waals surface area (Å²) in [6, 6.07) is 6.54. The summed E-state index contributed by atoms with van der Waals surface area (Å²) in [5.41, 5.74) is 1.17. The van der Waals surface area contributed by atoms with Crippen LogP contribution >= 0.6 is 0 Å². The lowest BCUT2D eigenvalue weighted by Gasteiger charge is -2.28. The van der Waals surface area contributed by atoms with Crippen LogP contribution in [0.5, 0.6) is 11.5 Å². The summed E-state index contributed by atoms with van der Waals surface area (Å²) < 4.78 is 10.9. The van der Waals surface area contributed by atoms with Crippen molar-refractivity contribution in [1.82, 2.24) is 5.32 Å². The molecule has 0 aliphatic carbocycles. The third-order valence-corrected chi connectivity index (χ3v) is 3.07. The van der Waals surface area contributed by atoms with Crippen molar-refractivity contribution < 1.29 is 9.47 Å². The largest absolute Gasteiger partial charge is 0.497 e. The number of benzene rings is 1. The minimum absolute atomic E-state index is 0.289. The van der Waals surface area contributed by atoms with Crippen LogP contribution in [0.3, 0.4) is 0 Å². The van der Waals surface area contributed by atoms with Crippen LogP contribution in [0.2, 0.25) is 0 Å².